The van der Waals surface area contributed by atoms with E-state index < -0.39 is 63.4 Å². The van der Waals surface area contributed by atoms with E-state index in [9.17, 15) is 34.6 Å². The van der Waals surface area contributed by atoms with Crippen molar-refractivity contribution in [3.8, 4) is 0 Å². The van der Waals surface area contributed by atoms with Crippen molar-refractivity contribution in [1.29, 1.82) is 0 Å². The van der Waals surface area contributed by atoms with Gasteiger partial charge in [0, 0.05) is 62.0 Å². The molecule has 15 heteroatoms. The van der Waals surface area contributed by atoms with Crippen LogP contribution in [-0.2, 0) is 51.9 Å². The molecule has 0 aromatic heterocycles. The van der Waals surface area contributed by atoms with Gasteiger partial charge in [0.1, 0.15) is 0 Å². The van der Waals surface area contributed by atoms with Gasteiger partial charge in [-0.2, -0.15) is 0 Å². The summed E-state index contributed by atoms with van der Waals surface area (Å²) in [6.07, 6.45) is 2.14. The Morgan fingerprint density at radius 2 is 1.35 bits per heavy atom. The molecule has 0 bridgehead atoms. The molecule has 6 unspecified atom stereocenters. The molecule has 2 saturated carbocycles. The Balaban J connectivity index is 0.000000562. The Morgan fingerprint density at radius 3 is 1.74 bits per heavy atom. The van der Waals surface area contributed by atoms with Crippen molar-refractivity contribution < 1.29 is 72.0 Å². The number of hydrogen-bond donors (Lipinski definition) is 2. The molecular weight excluding hydrogens is 497 g/mol. The van der Waals surface area contributed by atoms with Crippen molar-refractivity contribution >= 4 is 17.8 Å². The third kappa shape index (κ3) is 8.02. The summed E-state index contributed by atoms with van der Waals surface area (Å²) in [6.45, 7) is -0.192. The van der Waals surface area contributed by atoms with Crippen molar-refractivity contribution in [2.45, 2.75) is 50.6 Å². The monoisotopic (exact) mass is 521 g/mol. The summed E-state index contributed by atoms with van der Waals surface area (Å²) in [5.41, 5.74) is 6.91. The molecule has 173 valence electrons. The topological polar surface area (TPSA) is 235 Å². The fourth-order valence-electron chi connectivity index (χ4n) is 4.18. The standard InChI is InChI=1S/C8H13N2O5.C8H12N2O5.Y/c9-15-4-6-5(8(11)12)2-1-3-7(6)10(13)14;9-7(11)6-4(8(12)13)2-1-3-5(6)10(14)15;/h5-7,9H,1-4H2,(H,11,12);4-6H,1-3H2,(H3,9,11,12,13);/q-1;;/p-1. The minimum Gasteiger partial charge on any atom is -0.667 e. The van der Waals surface area contributed by atoms with Crippen LogP contribution in [0, 0.1) is 43.9 Å². The van der Waals surface area contributed by atoms with Crippen molar-refractivity contribution in [1.82, 2.24) is 0 Å². The predicted octanol–water partition coefficient (Wildman–Crippen LogP) is 1.83. The first-order valence-corrected chi connectivity index (χ1v) is 9.29. The Morgan fingerprint density at radius 1 is 0.903 bits per heavy atom. The van der Waals surface area contributed by atoms with Gasteiger partial charge >= 0.3 is 11.9 Å². The number of nitrogens with zero attached hydrogens (tertiary/aromatic N) is 2. The number of carboxylic acids is 2. The minimum atomic E-state index is -1.30. The molecule has 14 nitrogen and oxygen atoms in total. The fourth-order valence-corrected chi connectivity index (χ4v) is 4.18. The summed E-state index contributed by atoms with van der Waals surface area (Å²) in [5, 5.41) is 39.0. The predicted molar refractivity (Wildman–Crippen MR) is 98.1 cm³/mol. The number of rotatable bonds is 7. The fraction of sp³-hybridized carbons (Fsp3) is 0.812. The largest absolute Gasteiger partial charge is 0.667 e. The van der Waals surface area contributed by atoms with E-state index in [1.165, 1.54) is 0 Å². The van der Waals surface area contributed by atoms with E-state index in [-0.39, 0.29) is 52.2 Å². The van der Waals surface area contributed by atoms with E-state index in [1.54, 1.807) is 0 Å². The molecule has 0 aliphatic heterocycles. The van der Waals surface area contributed by atoms with Crippen LogP contribution in [0.2, 0.25) is 0 Å². The van der Waals surface area contributed by atoms with Crippen LogP contribution >= 0.6 is 0 Å². The molecule has 4 N–H and O–H groups in total. The van der Waals surface area contributed by atoms with Gasteiger partial charge in [-0.3, -0.25) is 29.8 Å². The first-order chi connectivity index (χ1) is 14.0. The first kappa shape index (κ1) is 29.2. The third-order valence-electron chi connectivity index (χ3n) is 5.64. The van der Waals surface area contributed by atoms with Crippen molar-refractivity contribution in [2.75, 3.05) is 6.61 Å². The zero-order valence-corrected chi connectivity index (χ0v) is 19.4. The van der Waals surface area contributed by atoms with E-state index in [0.29, 0.717) is 25.7 Å². The Hall–Kier alpha value is -1.77. The molecule has 2 aliphatic carbocycles. The van der Waals surface area contributed by atoms with Crippen LogP contribution in [0.1, 0.15) is 38.5 Å². The summed E-state index contributed by atoms with van der Waals surface area (Å²) in [4.78, 5) is 56.9. The van der Waals surface area contributed by atoms with Gasteiger partial charge < -0.3 is 31.5 Å². The molecule has 0 saturated heterocycles. The van der Waals surface area contributed by atoms with Gasteiger partial charge in [-0.15, -0.1) is 0 Å². The van der Waals surface area contributed by atoms with Crippen LogP contribution in [0.3, 0.4) is 0 Å². The maximum Gasteiger partial charge on any atom is 0.307 e. The maximum absolute atomic E-state index is 10.9. The molecule has 31 heavy (non-hydrogen) atoms. The van der Waals surface area contributed by atoms with E-state index >= 15 is 0 Å². The molecule has 0 aromatic carbocycles. The van der Waals surface area contributed by atoms with Gasteiger partial charge in [-0.1, -0.05) is 0 Å². The van der Waals surface area contributed by atoms with Crippen LogP contribution in [-0.4, -0.2) is 56.6 Å². The zero-order chi connectivity index (χ0) is 23.0. The molecule has 2 rings (SSSR count). The summed E-state index contributed by atoms with van der Waals surface area (Å²) < 4.78 is 0. The van der Waals surface area contributed by atoms with Crippen LogP contribution in [0.25, 0.3) is 11.6 Å². The number of amides is 1. The summed E-state index contributed by atoms with van der Waals surface area (Å²) in [6, 6.07) is -2.12. The van der Waals surface area contributed by atoms with Crippen LogP contribution in [0.4, 0.5) is 0 Å². The number of carbonyl (C=O) groups is 3. The van der Waals surface area contributed by atoms with Gasteiger partial charge in [-0.25, -0.2) is 0 Å². The second-order valence-corrected chi connectivity index (χ2v) is 7.32. The second kappa shape index (κ2) is 13.6. The average Bonchev–Trinajstić information content (AvgIpc) is 2.67. The SMILES string of the molecule is [NH-]C(=O)C1C(C(=O)O)CCCC1[N+](=O)[O-].[NH-]OCC1C(C(=O)O)CCCC1[N+](=O)[O-].[Y]. The van der Waals surface area contributed by atoms with Crippen molar-refractivity contribution in [3.63, 3.8) is 0 Å². The van der Waals surface area contributed by atoms with Gasteiger partial charge in [0.25, 0.3) is 0 Å². The molecule has 2 fully saturated rings. The Bertz CT molecular complexity index is 635. The smallest absolute Gasteiger partial charge is 0.307 e. The number of carboxylic acid groups (broad SMARTS) is 2. The first-order valence-electron chi connectivity index (χ1n) is 9.29. The van der Waals surface area contributed by atoms with Crippen LogP contribution in [0.15, 0.2) is 0 Å². The molecule has 0 spiro atoms. The van der Waals surface area contributed by atoms with Crippen molar-refractivity contribution in [2.24, 2.45) is 23.7 Å². The average molecular weight is 521 g/mol. The Kier molecular flexibility index (Phi) is 12.8. The van der Waals surface area contributed by atoms with E-state index in [1.807, 2.05) is 0 Å². The quantitative estimate of drug-likeness (QED) is 0.364. The van der Waals surface area contributed by atoms with Gasteiger partial charge in [0.2, 0.25) is 12.1 Å². The number of aliphatic carboxylic acids is 2. The van der Waals surface area contributed by atoms with Crippen LogP contribution in [0.5, 0.6) is 0 Å². The summed E-state index contributed by atoms with van der Waals surface area (Å²) in [5.74, 6) is -0.671. The van der Waals surface area contributed by atoms with E-state index in [4.69, 9.17) is 21.8 Å². The number of hydrogen-bond acceptors (Lipinski definition) is 8. The van der Waals surface area contributed by atoms with E-state index in [2.05, 4.69) is 4.84 Å². The van der Waals surface area contributed by atoms with E-state index in [0.717, 1.165) is 0 Å². The number of nitrogens with one attached hydrogen (secondary N) is 2. The molecule has 1 radical (unpaired) electrons. The van der Waals surface area contributed by atoms with Gasteiger partial charge in [0.15, 0.2) is 0 Å². The minimum absolute atomic E-state index is 0. The third-order valence-corrected chi connectivity index (χ3v) is 5.64. The van der Waals surface area contributed by atoms with Gasteiger partial charge in [0.05, 0.1) is 29.6 Å². The maximum atomic E-state index is 10.9. The number of nitro groups is 2. The normalized spacial score (nSPS) is 30.0. The molecule has 1 amide bonds. The van der Waals surface area contributed by atoms with Crippen LogP contribution < -0.4 is 0 Å². The second-order valence-electron chi connectivity index (χ2n) is 7.32. The van der Waals surface area contributed by atoms with Gasteiger partial charge in [-0.05, 0) is 25.7 Å². The molecule has 0 heterocycles. The zero-order valence-electron chi connectivity index (χ0n) is 16.5. The summed E-state index contributed by atoms with van der Waals surface area (Å²) >= 11 is 0. The van der Waals surface area contributed by atoms with Crippen molar-refractivity contribution in [3.05, 3.63) is 31.9 Å². The molecule has 2 aliphatic rings. The Labute approximate surface area is 202 Å². The molecular formula is C16H24N4O10Y-2. The number of carbonyl (C=O) groups excluding carboxylic acids is 1. The molecule has 6 atom stereocenters. The summed E-state index contributed by atoms with van der Waals surface area (Å²) in [7, 11) is 0. The molecule has 0 aromatic rings.